The van der Waals surface area contributed by atoms with Crippen LogP contribution in [0.4, 0.5) is 0 Å². The number of hydrogen-bond acceptors (Lipinski definition) is 2. The SMILES string of the molecule is CCCCCC1COC(c2ccc(-c3ccc(C4CCC(CCCC)CC4)cc3C)cc2)OC1. The molecule has 34 heavy (non-hydrogen) atoms. The molecule has 0 amide bonds. The lowest BCUT2D eigenvalue weighted by Gasteiger charge is -2.30. The van der Waals surface area contributed by atoms with Crippen LogP contribution in [0.3, 0.4) is 0 Å². The van der Waals surface area contributed by atoms with Gasteiger partial charge in [0, 0.05) is 11.5 Å². The van der Waals surface area contributed by atoms with Gasteiger partial charge < -0.3 is 9.47 Å². The van der Waals surface area contributed by atoms with Crippen molar-refractivity contribution in [2.24, 2.45) is 11.8 Å². The summed E-state index contributed by atoms with van der Waals surface area (Å²) in [5.41, 5.74) is 6.69. The van der Waals surface area contributed by atoms with Crippen molar-refractivity contribution >= 4 is 0 Å². The molecule has 1 aliphatic carbocycles. The summed E-state index contributed by atoms with van der Waals surface area (Å²) in [7, 11) is 0. The van der Waals surface area contributed by atoms with Crippen LogP contribution in [0.25, 0.3) is 11.1 Å². The highest BCUT2D eigenvalue weighted by molar-refractivity contribution is 5.68. The molecule has 2 fully saturated rings. The van der Waals surface area contributed by atoms with Crippen molar-refractivity contribution in [2.75, 3.05) is 13.2 Å². The average Bonchev–Trinajstić information content (AvgIpc) is 2.88. The van der Waals surface area contributed by atoms with Crippen LogP contribution in [0.1, 0.15) is 113 Å². The third-order valence-electron chi connectivity index (χ3n) is 8.21. The van der Waals surface area contributed by atoms with Crippen LogP contribution >= 0.6 is 0 Å². The zero-order valence-electron chi connectivity index (χ0n) is 21.9. The van der Waals surface area contributed by atoms with Gasteiger partial charge in [0.1, 0.15) is 0 Å². The van der Waals surface area contributed by atoms with E-state index in [9.17, 15) is 0 Å². The van der Waals surface area contributed by atoms with Gasteiger partial charge in [-0.15, -0.1) is 0 Å². The Labute approximate surface area is 208 Å². The van der Waals surface area contributed by atoms with Crippen molar-refractivity contribution in [1.82, 2.24) is 0 Å². The Hall–Kier alpha value is -1.64. The molecule has 1 saturated carbocycles. The highest BCUT2D eigenvalue weighted by atomic mass is 16.7. The maximum atomic E-state index is 6.07. The molecule has 0 radical (unpaired) electrons. The summed E-state index contributed by atoms with van der Waals surface area (Å²) in [6.07, 6.45) is 14.6. The van der Waals surface area contributed by atoms with Crippen LogP contribution in [0.2, 0.25) is 0 Å². The van der Waals surface area contributed by atoms with Gasteiger partial charge in [0.05, 0.1) is 13.2 Å². The van der Waals surface area contributed by atoms with E-state index >= 15 is 0 Å². The number of ether oxygens (including phenoxy) is 2. The van der Waals surface area contributed by atoms with E-state index in [4.69, 9.17) is 9.47 Å². The molecule has 2 aromatic rings. The zero-order chi connectivity index (χ0) is 23.8. The Bertz CT molecular complexity index is 855. The zero-order valence-corrected chi connectivity index (χ0v) is 21.9. The number of unbranched alkanes of at least 4 members (excludes halogenated alkanes) is 3. The molecule has 0 unspecified atom stereocenters. The van der Waals surface area contributed by atoms with Gasteiger partial charge in [0.15, 0.2) is 6.29 Å². The molecule has 2 aliphatic rings. The van der Waals surface area contributed by atoms with Crippen molar-refractivity contribution in [3.05, 3.63) is 59.2 Å². The molecule has 1 aliphatic heterocycles. The molecular formula is C32H46O2. The minimum atomic E-state index is -0.215. The van der Waals surface area contributed by atoms with Crippen molar-refractivity contribution in [2.45, 2.75) is 104 Å². The van der Waals surface area contributed by atoms with E-state index in [0.717, 1.165) is 30.6 Å². The maximum absolute atomic E-state index is 6.07. The molecule has 0 N–H and O–H groups in total. The number of hydrogen-bond donors (Lipinski definition) is 0. The fraction of sp³-hybridized carbons (Fsp3) is 0.625. The van der Waals surface area contributed by atoms with Crippen LogP contribution in [-0.4, -0.2) is 13.2 Å². The van der Waals surface area contributed by atoms with Crippen molar-refractivity contribution in [3.63, 3.8) is 0 Å². The first kappa shape index (κ1) is 25.5. The fourth-order valence-electron chi connectivity index (χ4n) is 5.95. The topological polar surface area (TPSA) is 18.5 Å². The lowest BCUT2D eigenvalue weighted by atomic mass is 9.76. The molecule has 0 atom stereocenters. The molecule has 4 rings (SSSR count). The third kappa shape index (κ3) is 6.73. The van der Waals surface area contributed by atoms with E-state index in [-0.39, 0.29) is 6.29 Å². The minimum Gasteiger partial charge on any atom is -0.348 e. The van der Waals surface area contributed by atoms with Crippen LogP contribution < -0.4 is 0 Å². The minimum absolute atomic E-state index is 0.215. The molecule has 1 saturated heterocycles. The van der Waals surface area contributed by atoms with Gasteiger partial charge >= 0.3 is 0 Å². The summed E-state index contributed by atoms with van der Waals surface area (Å²) < 4.78 is 12.1. The van der Waals surface area contributed by atoms with Crippen LogP contribution in [0, 0.1) is 18.8 Å². The second-order valence-corrected chi connectivity index (χ2v) is 10.9. The summed E-state index contributed by atoms with van der Waals surface area (Å²) in [4.78, 5) is 0. The summed E-state index contributed by atoms with van der Waals surface area (Å²) in [5, 5.41) is 0. The lowest BCUT2D eigenvalue weighted by molar-refractivity contribution is -0.206. The third-order valence-corrected chi connectivity index (χ3v) is 8.21. The lowest BCUT2D eigenvalue weighted by Crippen LogP contribution is -2.27. The molecule has 0 aromatic heterocycles. The normalized spacial score (nSPS) is 25.4. The van der Waals surface area contributed by atoms with Crippen LogP contribution in [0.5, 0.6) is 0 Å². The summed E-state index contributed by atoms with van der Waals surface area (Å²) in [6.45, 7) is 8.47. The summed E-state index contributed by atoms with van der Waals surface area (Å²) in [5.74, 6) is 2.27. The van der Waals surface area contributed by atoms with E-state index in [0.29, 0.717) is 5.92 Å². The number of benzene rings is 2. The molecule has 186 valence electrons. The Morgan fingerprint density at radius 1 is 0.706 bits per heavy atom. The first-order valence-corrected chi connectivity index (χ1v) is 14.1. The second kappa shape index (κ2) is 12.9. The standard InChI is InChI=1S/C32H46O2/c1-4-6-8-10-26-22-33-32(34-23-26)29-17-15-28(16-18-29)31-20-19-30(21-24(31)3)27-13-11-25(12-14-27)9-7-5-2/h15-21,25-27,32H,4-14,22-23H2,1-3H3. The predicted octanol–water partition coefficient (Wildman–Crippen LogP) is 9.37. The summed E-state index contributed by atoms with van der Waals surface area (Å²) in [6, 6.07) is 16.0. The molecule has 2 heteroatoms. The number of aryl methyl sites for hydroxylation is 1. The van der Waals surface area contributed by atoms with Gasteiger partial charge in [-0.05, 0) is 73.1 Å². The summed E-state index contributed by atoms with van der Waals surface area (Å²) >= 11 is 0. The van der Waals surface area contributed by atoms with Gasteiger partial charge in [-0.2, -0.15) is 0 Å². The molecule has 2 nitrogen and oxygen atoms in total. The van der Waals surface area contributed by atoms with E-state index < -0.39 is 0 Å². The monoisotopic (exact) mass is 462 g/mol. The Morgan fingerprint density at radius 3 is 2.00 bits per heavy atom. The van der Waals surface area contributed by atoms with E-state index in [1.807, 2.05) is 0 Å². The van der Waals surface area contributed by atoms with Crippen molar-refractivity contribution in [3.8, 4) is 11.1 Å². The van der Waals surface area contributed by atoms with Crippen molar-refractivity contribution in [1.29, 1.82) is 0 Å². The Morgan fingerprint density at radius 2 is 1.35 bits per heavy atom. The Kier molecular flexibility index (Phi) is 9.65. The Balaban J connectivity index is 1.32. The average molecular weight is 463 g/mol. The second-order valence-electron chi connectivity index (χ2n) is 10.9. The largest absolute Gasteiger partial charge is 0.348 e. The van der Waals surface area contributed by atoms with Gasteiger partial charge in [0.2, 0.25) is 0 Å². The highest BCUT2D eigenvalue weighted by Crippen LogP contribution is 2.39. The van der Waals surface area contributed by atoms with Gasteiger partial charge in [-0.1, -0.05) is 94.8 Å². The fourth-order valence-corrected chi connectivity index (χ4v) is 5.95. The molecule has 0 bridgehead atoms. The first-order chi connectivity index (χ1) is 16.7. The molecule has 1 heterocycles. The van der Waals surface area contributed by atoms with E-state index in [2.05, 4.69) is 63.2 Å². The first-order valence-electron chi connectivity index (χ1n) is 14.1. The quantitative estimate of drug-likeness (QED) is 0.327. The molecular weight excluding hydrogens is 416 g/mol. The molecule has 2 aromatic carbocycles. The van der Waals surface area contributed by atoms with Crippen molar-refractivity contribution < 1.29 is 9.47 Å². The molecule has 0 spiro atoms. The van der Waals surface area contributed by atoms with Crippen LogP contribution in [-0.2, 0) is 9.47 Å². The van der Waals surface area contributed by atoms with E-state index in [1.165, 1.54) is 87.3 Å². The number of rotatable bonds is 10. The van der Waals surface area contributed by atoms with Crippen LogP contribution in [0.15, 0.2) is 42.5 Å². The smallest absolute Gasteiger partial charge is 0.183 e. The maximum Gasteiger partial charge on any atom is 0.183 e. The van der Waals surface area contributed by atoms with Gasteiger partial charge in [-0.3, -0.25) is 0 Å². The highest BCUT2D eigenvalue weighted by Gasteiger charge is 2.24. The van der Waals surface area contributed by atoms with E-state index in [1.54, 1.807) is 5.56 Å². The predicted molar refractivity (Wildman–Crippen MR) is 143 cm³/mol. The van der Waals surface area contributed by atoms with Gasteiger partial charge in [-0.25, -0.2) is 0 Å². The van der Waals surface area contributed by atoms with Gasteiger partial charge in [0.25, 0.3) is 0 Å².